The molecule has 0 radical (unpaired) electrons. The Kier molecular flexibility index (Phi) is 3.81. The average Bonchev–Trinajstić information content (AvgIpc) is 2.70. The molecule has 0 amide bonds. The lowest BCUT2D eigenvalue weighted by Crippen LogP contribution is -2.26. The van der Waals surface area contributed by atoms with E-state index >= 15 is 0 Å². The maximum atomic E-state index is 6.57. The van der Waals surface area contributed by atoms with Crippen molar-refractivity contribution in [2.45, 2.75) is 44.4 Å². The van der Waals surface area contributed by atoms with Crippen LogP contribution in [0.25, 0.3) is 0 Å². The van der Waals surface area contributed by atoms with E-state index in [0.717, 1.165) is 11.4 Å². The molecule has 0 aromatic heterocycles. The molecule has 1 aromatic rings. The second-order valence-corrected chi connectivity index (χ2v) is 6.12. The van der Waals surface area contributed by atoms with E-state index in [1.807, 2.05) is 12.1 Å². The molecule has 1 unspecified atom stereocenters. The lowest BCUT2D eigenvalue weighted by molar-refractivity contribution is 0.316. The van der Waals surface area contributed by atoms with Gasteiger partial charge in [0.15, 0.2) is 0 Å². The van der Waals surface area contributed by atoms with Gasteiger partial charge in [0.2, 0.25) is 0 Å². The first-order chi connectivity index (χ1) is 7.60. The Morgan fingerprint density at radius 1 is 1.19 bits per heavy atom. The molecule has 16 heavy (non-hydrogen) atoms. The number of benzene rings is 1. The van der Waals surface area contributed by atoms with Crippen LogP contribution >= 0.6 is 23.2 Å². The van der Waals surface area contributed by atoms with Gasteiger partial charge in [0, 0.05) is 10.4 Å². The summed E-state index contributed by atoms with van der Waals surface area (Å²) in [7, 11) is 0. The first-order valence-corrected chi connectivity index (χ1v) is 6.80. The summed E-state index contributed by atoms with van der Waals surface area (Å²) in [5.74, 6) is 0. The summed E-state index contributed by atoms with van der Waals surface area (Å²) in [4.78, 5) is 0. The van der Waals surface area contributed by atoms with Crippen molar-refractivity contribution < 1.29 is 0 Å². The molecule has 1 atom stereocenters. The third-order valence-corrected chi connectivity index (χ3v) is 4.76. The Bertz CT molecular complexity index is 336. The summed E-state index contributed by atoms with van der Waals surface area (Å²) in [5, 5.41) is 1.04. The fourth-order valence-electron chi connectivity index (χ4n) is 2.57. The van der Waals surface area contributed by atoms with Gasteiger partial charge in [0.1, 0.15) is 0 Å². The van der Waals surface area contributed by atoms with Crippen molar-refractivity contribution in [3.8, 4) is 0 Å². The van der Waals surface area contributed by atoms with Gasteiger partial charge in [-0.2, -0.15) is 0 Å². The SMILES string of the molecule is CC1(C(Cl)Cc2ccc(Cl)cc2)CCCC1. The molecule has 0 spiro atoms. The fraction of sp³-hybridized carbons (Fsp3) is 0.571. The van der Waals surface area contributed by atoms with Crippen molar-refractivity contribution >= 4 is 23.2 Å². The summed E-state index contributed by atoms with van der Waals surface area (Å²) in [6.45, 7) is 2.33. The van der Waals surface area contributed by atoms with Gasteiger partial charge in [0.25, 0.3) is 0 Å². The maximum Gasteiger partial charge on any atom is 0.0430 e. The van der Waals surface area contributed by atoms with E-state index in [-0.39, 0.29) is 5.38 Å². The molecule has 0 bridgehead atoms. The quantitative estimate of drug-likeness (QED) is 0.663. The predicted molar refractivity (Wildman–Crippen MR) is 71.4 cm³/mol. The molecule has 0 aliphatic heterocycles. The van der Waals surface area contributed by atoms with Crippen LogP contribution in [0.5, 0.6) is 0 Å². The van der Waals surface area contributed by atoms with Crippen molar-refractivity contribution in [1.82, 2.24) is 0 Å². The lowest BCUT2D eigenvalue weighted by Gasteiger charge is -2.29. The zero-order chi connectivity index (χ0) is 11.6. The van der Waals surface area contributed by atoms with Crippen LogP contribution in [0.2, 0.25) is 5.02 Å². The van der Waals surface area contributed by atoms with Crippen LogP contribution in [0.3, 0.4) is 0 Å². The number of halogens is 2. The first kappa shape index (κ1) is 12.3. The van der Waals surface area contributed by atoms with Gasteiger partial charge in [-0.15, -0.1) is 11.6 Å². The maximum absolute atomic E-state index is 6.57. The highest BCUT2D eigenvalue weighted by Crippen LogP contribution is 2.43. The fourth-order valence-corrected chi connectivity index (χ4v) is 3.09. The largest absolute Gasteiger partial charge is 0.122 e. The molecule has 1 fully saturated rings. The zero-order valence-corrected chi connectivity index (χ0v) is 11.2. The molecule has 1 aromatic carbocycles. The minimum absolute atomic E-state index is 0.246. The molecule has 0 N–H and O–H groups in total. The van der Waals surface area contributed by atoms with Gasteiger partial charge in [-0.1, -0.05) is 43.5 Å². The van der Waals surface area contributed by atoms with Gasteiger partial charge < -0.3 is 0 Å². The Hall–Kier alpha value is -0.200. The Labute approximate surface area is 108 Å². The van der Waals surface area contributed by atoms with E-state index in [1.165, 1.54) is 31.2 Å². The number of rotatable bonds is 3. The van der Waals surface area contributed by atoms with Crippen molar-refractivity contribution in [2.24, 2.45) is 5.41 Å². The third-order valence-electron chi connectivity index (χ3n) is 3.83. The van der Waals surface area contributed by atoms with E-state index in [9.17, 15) is 0 Å². The summed E-state index contributed by atoms with van der Waals surface area (Å²) in [6, 6.07) is 8.04. The Morgan fingerprint density at radius 3 is 2.31 bits per heavy atom. The van der Waals surface area contributed by atoms with Crippen molar-refractivity contribution in [1.29, 1.82) is 0 Å². The van der Waals surface area contributed by atoms with Gasteiger partial charge in [-0.25, -0.2) is 0 Å². The van der Waals surface area contributed by atoms with Gasteiger partial charge in [-0.05, 0) is 42.4 Å². The van der Waals surface area contributed by atoms with E-state index in [4.69, 9.17) is 23.2 Å². The van der Waals surface area contributed by atoms with Crippen LogP contribution in [0, 0.1) is 5.41 Å². The third kappa shape index (κ3) is 2.73. The van der Waals surface area contributed by atoms with Crippen molar-refractivity contribution in [3.05, 3.63) is 34.9 Å². The molecule has 1 aliphatic rings. The van der Waals surface area contributed by atoms with Crippen LogP contribution in [-0.2, 0) is 6.42 Å². The zero-order valence-electron chi connectivity index (χ0n) is 9.68. The highest BCUT2D eigenvalue weighted by Gasteiger charge is 2.35. The second kappa shape index (κ2) is 4.98. The Balaban J connectivity index is 2.01. The average molecular weight is 257 g/mol. The monoisotopic (exact) mass is 256 g/mol. The summed E-state index contributed by atoms with van der Waals surface area (Å²) >= 11 is 12.4. The minimum atomic E-state index is 0.246. The van der Waals surface area contributed by atoms with E-state index in [0.29, 0.717) is 5.41 Å². The van der Waals surface area contributed by atoms with Crippen LogP contribution in [0.15, 0.2) is 24.3 Å². The van der Waals surface area contributed by atoms with E-state index in [2.05, 4.69) is 19.1 Å². The molecule has 88 valence electrons. The number of hydrogen-bond donors (Lipinski definition) is 0. The Morgan fingerprint density at radius 2 is 1.75 bits per heavy atom. The van der Waals surface area contributed by atoms with Crippen molar-refractivity contribution in [2.75, 3.05) is 0 Å². The van der Waals surface area contributed by atoms with Gasteiger partial charge in [-0.3, -0.25) is 0 Å². The summed E-state index contributed by atoms with van der Waals surface area (Å²) in [5.41, 5.74) is 1.62. The van der Waals surface area contributed by atoms with Gasteiger partial charge >= 0.3 is 0 Å². The number of alkyl halides is 1. The highest BCUT2D eigenvalue weighted by molar-refractivity contribution is 6.30. The molecular formula is C14H18Cl2. The predicted octanol–water partition coefficient (Wildman–Crippen LogP) is 5.07. The standard InChI is InChI=1S/C14H18Cl2/c1-14(8-2-3-9-14)13(16)10-11-4-6-12(15)7-5-11/h4-7,13H,2-3,8-10H2,1H3. The summed E-state index contributed by atoms with van der Waals surface area (Å²) < 4.78 is 0. The molecule has 0 saturated heterocycles. The molecule has 2 heteroatoms. The van der Waals surface area contributed by atoms with Crippen LogP contribution in [0.4, 0.5) is 0 Å². The summed E-state index contributed by atoms with van der Waals surface area (Å²) in [6.07, 6.45) is 6.17. The van der Waals surface area contributed by atoms with Crippen LogP contribution in [0.1, 0.15) is 38.2 Å². The molecule has 0 heterocycles. The second-order valence-electron chi connectivity index (χ2n) is 5.16. The van der Waals surface area contributed by atoms with Crippen LogP contribution < -0.4 is 0 Å². The lowest BCUT2D eigenvalue weighted by atomic mass is 9.82. The minimum Gasteiger partial charge on any atom is -0.122 e. The van der Waals surface area contributed by atoms with Crippen LogP contribution in [-0.4, -0.2) is 5.38 Å². The van der Waals surface area contributed by atoms with E-state index in [1.54, 1.807) is 0 Å². The normalized spacial score (nSPS) is 20.9. The molecule has 0 nitrogen and oxygen atoms in total. The van der Waals surface area contributed by atoms with E-state index < -0.39 is 0 Å². The molecule has 1 saturated carbocycles. The number of hydrogen-bond acceptors (Lipinski definition) is 0. The molecule has 1 aliphatic carbocycles. The molecule has 2 rings (SSSR count). The highest BCUT2D eigenvalue weighted by atomic mass is 35.5. The molecular weight excluding hydrogens is 239 g/mol. The topological polar surface area (TPSA) is 0 Å². The smallest absolute Gasteiger partial charge is 0.0430 e. The first-order valence-electron chi connectivity index (χ1n) is 5.99. The van der Waals surface area contributed by atoms with Crippen molar-refractivity contribution in [3.63, 3.8) is 0 Å². The van der Waals surface area contributed by atoms with Gasteiger partial charge in [0.05, 0.1) is 0 Å².